The molecule has 1 saturated heterocycles. The Morgan fingerprint density at radius 2 is 2.21 bits per heavy atom. The predicted octanol–water partition coefficient (Wildman–Crippen LogP) is 1.19. The summed E-state index contributed by atoms with van der Waals surface area (Å²) < 4.78 is 1.94. The van der Waals surface area contributed by atoms with E-state index in [1.807, 2.05) is 18.7 Å². The van der Waals surface area contributed by atoms with Crippen LogP contribution in [0.15, 0.2) is 0 Å². The Labute approximate surface area is 115 Å². The van der Waals surface area contributed by atoms with Crippen LogP contribution in [0.3, 0.4) is 0 Å². The van der Waals surface area contributed by atoms with Gasteiger partial charge in [-0.05, 0) is 33.2 Å². The first kappa shape index (κ1) is 14.3. The average molecular weight is 266 g/mol. The van der Waals surface area contributed by atoms with Crippen molar-refractivity contribution < 1.29 is 5.11 Å². The molecule has 0 spiro atoms. The lowest BCUT2D eigenvalue weighted by Gasteiger charge is -2.22. The lowest BCUT2D eigenvalue weighted by atomic mass is 10.1. The molecule has 5 heteroatoms. The smallest absolute Gasteiger partial charge is 0.131 e. The molecule has 0 radical (unpaired) electrons. The van der Waals surface area contributed by atoms with E-state index in [0.717, 1.165) is 44.0 Å². The Balaban J connectivity index is 2.19. The van der Waals surface area contributed by atoms with Crippen LogP contribution < -0.4 is 10.2 Å². The van der Waals surface area contributed by atoms with Crippen molar-refractivity contribution in [2.75, 3.05) is 24.5 Å². The highest BCUT2D eigenvalue weighted by Gasteiger charge is 2.34. The number of aryl methyl sites for hydroxylation is 2. The van der Waals surface area contributed by atoms with Crippen molar-refractivity contribution in [3.63, 3.8) is 0 Å². The van der Waals surface area contributed by atoms with Gasteiger partial charge in [-0.25, -0.2) is 0 Å². The van der Waals surface area contributed by atoms with Gasteiger partial charge in [0.1, 0.15) is 5.82 Å². The normalized spacial score (nSPS) is 23.3. The molecule has 19 heavy (non-hydrogen) atoms. The summed E-state index contributed by atoms with van der Waals surface area (Å²) >= 11 is 0. The maximum atomic E-state index is 10.1. The van der Waals surface area contributed by atoms with Gasteiger partial charge in [-0.1, -0.05) is 6.92 Å². The first-order valence-electron chi connectivity index (χ1n) is 7.15. The summed E-state index contributed by atoms with van der Waals surface area (Å²) in [4.78, 5) is 2.25. The minimum absolute atomic E-state index is 0.577. The monoisotopic (exact) mass is 266 g/mol. The molecule has 2 heterocycles. The molecule has 1 aromatic heterocycles. The summed E-state index contributed by atoms with van der Waals surface area (Å²) in [6, 6.07) is 0. The predicted molar refractivity (Wildman–Crippen MR) is 77.4 cm³/mol. The lowest BCUT2D eigenvalue weighted by molar-refractivity contribution is 0.0838. The molecule has 0 saturated carbocycles. The largest absolute Gasteiger partial charge is 0.388 e. The molecule has 1 aromatic rings. The number of nitrogens with zero attached hydrogens (tertiary/aromatic N) is 3. The summed E-state index contributed by atoms with van der Waals surface area (Å²) in [5.74, 6) is 1.15. The zero-order chi connectivity index (χ0) is 14.0. The van der Waals surface area contributed by atoms with E-state index in [-0.39, 0.29) is 0 Å². The molecule has 0 aromatic carbocycles. The van der Waals surface area contributed by atoms with Crippen molar-refractivity contribution >= 4 is 5.82 Å². The lowest BCUT2D eigenvalue weighted by Crippen LogP contribution is -2.31. The number of hydrogen-bond donors (Lipinski definition) is 2. The summed E-state index contributed by atoms with van der Waals surface area (Å²) in [5.41, 5.74) is 1.76. The quantitative estimate of drug-likeness (QED) is 0.786. The van der Waals surface area contributed by atoms with E-state index >= 15 is 0 Å². The Bertz CT molecular complexity index is 439. The Kier molecular flexibility index (Phi) is 4.16. The number of aliphatic hydroxyl groups is 1. The van der Waals surface area contributed by atoms with Gasteiger partial charge in [0.25, 0.3) is 0 Å². The highest BCUT2D eigenvalue weighted by molar-refractivity contribution is 5.51. The highest BCUT2D eigenvalue weighted by atomic mass is 16.3. The van der Waals surface area contributed by atoms with E-state index in [2.05, 4.69) is 29.2 Å². The first-order valence-corrected chi connectivity index (χ1v) is 7.15. The van der Waals surface area contributed by atoms with E-state index in [1.54, 1.807) is 0 Å². The van der Waals surface area contributed by atoms with Gasteiger partial charge in [-0.15, -0.1) is 0 Å². The summed E-state index contributed by atoms with van der Waals surface area (Å²) in [7, 11) is 1.98. The molecule has 5 nitrogen and oxygen atoms in total. The van der Waals surface area contributed by atoms with E-state index in [0.29, 0.717) is 6.54 Å². The molecule has 0 aliphatic carbocycles. The first-order chi connectivity index (χ1) is 8.94. The Morgan fingerprint density at radius 1 is 1.47 bits per heavy atom. The van der Waals surface area contributed by atoms with E-state index in [1.165, 1.54) is 5.56 Å². The molecular formula is C14H26N4O. The van der Waals surface area contributed by atoms with Crippen LogP contribution in [0.2, 0.25) is 0 Å². The van der Waals surface area contributed by atoms with E-state index < -0.39 is 5.60 Å². The molecule has 1 fully saturated rings. The molecule has 0 bridgehead atoms. The number of hydrogen-bond acceptors (Lipinski definition) is 4. The molecule has 2 rings (SSSR count). The molecular weight excluding hydrogens is 240 g/mol. The van der Waals surface area contributed by atoms with Crippen LogP contribution in [0, 0.1) is 6.92 Å². The van der Waals surface area contributed by atoms with Crippen molar-refractivity contribution in [2.45, 2.75) is 45.8 Å². The second-order valence-corrected chi connectivity index (χ2v) is 5.86. The summed E-state index contributed by atoms with van der Waals surface area (Å²) in [6.07, 6.45) is 1.95. The minimum atomic E-state index is -0.577. The van der Waals surface area contributed by atoms with Crippen molar-refractivity contribution in [1.82, 2.24) is 15.1 Å². The van der Waals surface area contributed by atoms with E-state index in [9.17, 15) is 5.11 Å². The zero-order valence-electron chi connectivity index (χ0n) is 12.5. The summed E-state index contributed by atoms with van der Waals surface area (Å²) in [5, 5.41) is 18.1. The SMILES string of the molecule is CCCNCc1c(C)nn(C)c1N1CCC(C)(O)C1. The fourth-order valence-corrected chi connectivity index (χ4v) is 2.81. The van der Waals surface area contributed by atoms with Gasteiger partial charge in [0.15, 0.2) is 0 Å². The fraction of sp³-hybridized carbons (Fsp3) is 0.786. The van der Waals surface area contributed by atoms with Crippen molar-refractivity contribution in [1.29, 1.82) is 0 Å². The third-order valence-electron chi connectivity index (χ3n) is 3.79. The molecule has 108 valence electrons. The topological polar surface area (TPSA) is 53.3 Å². The fourth-order valence-electron chi connectivity index (χ4n) is 2.81. The van der Waals surface area contributed by atoms with Gasteiger partial charge in [-0.2, -0.15) is 5.10 Å². The third-order valence-corrected chi connectivity index (χ3v) is 3.79. The molecule has 0 amide bonds. The van der Waals surface area contributed by atoms with Gasteiger partial charge >= 0.3 is 0 Å². The third kappa shape index (κ3) is 3.09. The standard InChI is InChI=1S/C14H26N4O/c1-5-7-15-9-12-11(2)16-17(4)13(12)18-8-6-14(3,19)10-18/h15,19H,5-10H2,1-4H3. The van der Waals surface area contributed by atoms with Crippen molar-refractivity contribution in [3.05, 3.63) is 11.3 Å². The van der Waals surface area contributed by atoms with Gasteiger partial charge in [0.2, 0.25) is 0 Å². The average Bonchev–Trinajstić information content (AvgIpc) is 2.80. The van der Waals surface area contributed by atoms with E-state index in [4.69, 9.17) is 0 Å². The van der Waals surface area contributed by atoms with Gasteiger partial charge < -0.3 is 15.3 Å². The number of anilines is 1. The molecule has 1 unspecified atom stereocenters. The van der Waals surface area contributed by atoms with Crippen molar-refractivity contribution in [2.24, 2.45) is 7.05 Å². The highest BCUT2D eigenvalue weighted by Crippen LogP contribution is 2.30. The van der Waals surface area contributed by atoms with Crippen LogP contribution in [-0.2, 0) is 13.6 Å². The van der Waals surface area contributed by atoms with Crippen LogP contribution in [0.5, 0.6) is 0 Å². The summed E-state index contributed by atoms with van der Waals surface area (Å²) in [6.45, 7) is 9.58. The van der Waals surface area contributed by atoms with Crippen molar-refractivity contribution in [3.8, 4) is 0 Å². The zero-order valence-corrected chi connectivity index (χ0v) is 12.5. The second kappa shape index (κ2) is 5.51. The Hall–Kier alpha value is -1.07. The van der Waals surface area contributed by atoms with Crippen LogP contribution >= 0.6 is 0 Å². The molecule has 1 aliphatic heterocycles. The maximum absolute atomic E-state index is 10.1. The number of nitrogens with one attached hydrogen (secondary N) is 1. The number of β-amino-alcohol motifs (C(OH)–C–C–N with tert-alkyl or cyclic N) is 1. The number of aromatic nitrogens is 2. The van der Waals surface area contributed by atoms with Crippen LogP contribution in [0.25, 0.3) is 0 Å². The van der Waals surface area contributed by atoms with Crippen LogP contribution in [0.4, 0.5) is 5.82 Å². The van der Waals surface area contributed by atoms with Gasteiger partial charge in [0.05, 0.1) is 11.3 Å². The number of rotatable bonds is 5. The minimum Gasteiger partial charge on any atom is -0.388 e. The van der Waals surface area contributed by atoms with Crippen LogP contribution in [0.1, 0.15) is 37.9 Å². The Morgan fingerprint density at radius 3 is 2.79 bits per heavy atom. The molecule has 1 atom stereocenters. The molecule has 1 aliphatic rings. The second-order valence-electron chi connectivity index (χ2n) is 5.86. The molecule has 2 N–H and O–H groups in total. The van der Waals surface area contributed by atoms with Gasteiger partial charge in [0, 0.05) is 32.2 Å². The van der Waals surface area contributed by atoms with Crippen LogP contribution in [-0.4, -0.2) is 40.1 Å². The van der Waals surface area contributed by atoms with Gasteiger partial charge in [-0.3, -0.25) is 4.68 Å². The maximum Gasteiger partial charge on any atom is 0.131 e.